The first kappa shape index (κ1) is 18.3. The number of primary amides is 1. The van der Waals surface area contributed by atoms with Crippen molar-refractivity contribution >= 4 is 22.9 Å². The van der Waals surface area contributed by atoms with Crippen molar-refractivity contribution in [2.75, 3.05) is 24.6 Å². The Balaban J connectivity index is 1.24. The highest BCUT2D eigenvalue weighted by Crippen LogP contribution is 2.21. The second-order valence-corrected chi connectivity index (χ2v) is 7.12. The summed E-state index contributed by atoms with van der Waals surface area (Å²) in [6, 6.07) is 6.11. The van der Waals surface area contributed by atoms with E-state index in [9.17, 15) is 4.79 Å². The highest BCUT2D eigenvalue weighted by Gasteiger charge is 2.21. The molecule has 0 saturated carbocycles. The van der Waals surface area contributed by atoms with E-state index < -0.39 is 5.91 Å². The molecule has 0 atom stereocenters. The minimum Gasteiger partial charge on any atom is -0.376 e. The van der Waals surface area contributed by atoms with Crippen LogP contribution in [0.1, 0.15) is 28.8 Å². The van der Waals surface area contributed by atoms with Crippen molar-refractivity contribution in [1.82, 2.24) is 25.0 Å². The predicted molar refractivity (Wildman–Crippen MR) is 104 cm³/mol. The van der Waals surface area contributed by atoms with Gasteiger partial charge in [-0.3, -0.25) is 4.79 Å². The maximum absolute atomic E-state index is 11.1. The number of rotatable bonds is 6. The van der Waals surface area contributed by atoms with Gasteiger partial charge in [0.15, 0.2) is 0 Å². The number of aromatic nitrogens is 5. The van der Waals surface area contributed by atoms with Crippen LogP contribution in [0.25, 0.3) is 11.0 Å². The van der Waals surface area contributed by atoms with Crippen LogP contribution < -0.4 is 10.6 Å². The minimum absolute atomic E-state index is 0.326. The van der Waals surface area contributed by atoms with Crippen LogP contribution in [0.3, 0.4) is 0 Å². The molecule has 0 spiro atoms. The molecule has 4 rings (SSSR count). The highest BCUT2D eigenvalue weighted by atomic mass is 16.5. The lowest BCUT2D eigenvalue weighted by molar-refractivity contribution is 0.0786. The number of carbonyl (C=O) groups excluding carboxylic acids is 1. The van der Waals surface area contributed by atoms with Crippen molar-refractivity contribution in [2.24, 2.45) is 18.7 Å². The number of hydrogen-bond donors (Lipinski definition) is 1. The van der Waals surface area contributed by atoms with E-state index in [1.165, 1.54) is 12.4 Å². The van der Waals surface area contributed by atoms with Crippen LogP contribution in [0.15, 0.2) is 30.6 Å². The Morgan fingerprint density at radius 3 is 2.71 bits per heavy atom. The first-order chi connectivity index (χ1) is 13.6. The first-order valence-electron chi connectivity index (χ1n) is 9.33. The molecule has 3 aromatic rings. The van der Waals surface area contributed by atoms with Crippen LogP contribution in [0.2, 0.25) is 0 Å². The van der Waals surface area contributed by atoms with Gasteiger partial charge in [-0.2, -0.15) is 0 Å². The molecule has 9 heteroatoms. The van der Waals surface area contributed by atoms with Gasteiger partial charge in [-0.1, -0.05) is 11.3 Å². The second-order valence-electron chi connectivity index (χ2n) is 7.12. The number of piperidine rings is 1. The van der Waals surface area contributed by atoms with Gasteiger partial charge < -0.3 is 15.4 Å². The highest BCUT2D eigenvalue weighted by molar-refractivity contribution is 5.92. The third-order valence-electron chi connectivity index (χ3n) is 5.12. The topological polar surface area (TPSA) is 112 Å². The number of aryl methyl sites for hydroxylation is 1. The Hall–Kier alpha value is -3.07. The SMILES string of the molecule is Cn1nnc2cc(COCC3CCN(c4ncc(C(N)=O)cn4)CC3)ccc21. The first-order valence-corrected chi connectivity index (χ1v) is 9.33. The summed E-state index contributed by atoms with van der Waals surface area (Å²) in [4.78, 5) is 21.7. The van der Waals surface area contributed by atoms with E-state index >= 15 is 0 Å². The zero-order valence-corrected chi connectivity index (χ0v) is 15.8. The molecule has 1 amide bonds. The van der Waals surface area contributed by atoms with E-state index in [0.29, 0.717) is 24.0 Å². The number of benzene rings is 1. The molecule has 146 valence electrons. The number of amides is 1. The molecule has 1 aliphatic rings. The number of nitrogens with zero attached hydrogens (tertiary/aromatic N) is 6. The van der Waals surface area contributed by atoms with Crippen LogP contribution in [0.5, 0.6) is 0 Å². The number of carbonyl (C=O) groups is 1. The van der Waals surface area contributed by atoms with E-state index in [2.05, 4.69) is 31.2 Å². The van der Waals surface area contributed by atoms with Gasteiger partial charge in [-0.05, 0) is 36.5 Å². The summed E-state index contributed by atoms with van der Waals surface area (Å²) in [5.41, 5.74) is 8.56. The summed E-state index contributed by atoms with van der Waals surface area (Å²) >= 11 is 0. The number of nitrogens with two attached hydrogens (primary N) is 1. The molecule has 0 aliphatic carbocycles. The average Bonchev–Trinajstić information content (AvgIpc) is 3.09. The van der Waals surface area contributed by atoms with E-state index in [-0.39, 0.29) is 0 Å². The molecular formula is C19H23N7O2. The smallest absolute Gasteiger partial charge is 0.251 e. The molecule has 1 fully saturated rings. The molecule has 2 aromatic heterocycles. The third kappa shape index (κ3) is 3.94. The Labute approximate surface area is 162 Å². The summed E-state index contributed by atoms with van der Waals surface area (Å²) in [6.07, 6.45) is 5.00. The molecule has 28 heavy (non-hydrogen) atoms. The Morgan fingerprint density at radius 2 is 2.00 bits per heavy atom. The van der Waals surface area contributed by atoms with Gasteiger partial charge in [0.25, 0.3) is 5.91 Å². The molecule has 2 N–H and O–H groups in total. The molecule has 1 saturated heterocycles. The molecule has 0 radical (unpaired) electrons. The second kappa shape index (κ2) is 7.89. The van der Waals surface area contributed by atoms with Gasteiger partial charge >= 0.3 is 0 Å². The minimum atomic E-state index is -0.513. The van der Waals surface area contributed by atoms with Crippen LogP contribution >= 0.6 is 0 Å². The number of hydrogen-bond acceptors (Lipinski definition) is 7. The Kier molecular flexibility index (Phi) is 5.16. The fourth-order valence-electron chi connectivity index (χ4n) is 3.43. The molecule has 0 unspecified atom stereocenters. The summed E-state index contributed by atoms with van der Waals surface area (Å²) in [5, 5.41) is 8.17. The Bertz CT molecular complexity index is 962. The van der Waals surface area contributed by atoms with Gasteiger partial charge in [0, 0.05) is 39.1 Å². The summed E-state index contributed by atoms with van der Waals surface area (Å²) < 4.78 is 7.70. The lowest BCUT2D eigenvalue weighted by Gasteiger charge is -2.31. The predicted octanol–water partition coefficient (Wildman–Crippen LogP) is 1.29. The van der Waals surface area contributed by atoms with Crippen LogP contribution in [-0.4, -0.2) is 50.6 Å². The number of anilines is 1. The Morgan fingerprint density at radius 1 is 1.25 bits per heavy atom. The largest absolute Gasteiger partial charge is 0.376 e. The molecular weight excluding hydrogens is 358 g/mol. The maximum atomic E-state index is 11.1. The van der Waals surface area contributed by atoms with Crippen LogP contribution in [-0.2, 0) is 18.4 Å². The number of ether oxygens (including phenoxy) is 1. The molecule has 9 nitrogen and oxygen atoms in total. The van der Waals surface area contributed by atoms with Crippen molar-refractivity contribution < 1.29 is 9.53 Å². The lowest BCUT2D eigenvalue weighted by atomic mass is 9.98. The normalized spacial score (nSPS) is 15.2. The van der Waals surface area contributed by atoms with Gasteiger partial charge in [-0.25, -0.2) is 14.6 Å². The van der Waals surface area contributed by atoms with Crippen molar-refractivity contribution in [3.8, 4) is 0 Å². The fourth-order valence-corrected chi connectivity index (χ4v) is 3.43. The van der Waals surface area contributed by atoms with Crippen molar-refractivity contribution in [2.45, 2.75) is 19.4 Å². The molecule has 3 heterocycles. The lowest BCUT2D eigenvalue weighted by Crippen LogP contribution is -2.36. The molecule has 1 aromatic carbocycles. The number of fused-ring (bicyclic) bond motifs is 1. The average molecular weight is 381 g/mol. The van der Waals surface area contributed by atoms with Crippen molar-refractivity contribution in [3.63, 3.8) is 0 Å². The summed E-state index contributed by atoms with van der Waals surface area (Å²) in [5.74, 6) is 0.642. The summed E-state index contributed by atoms with van der Waals surface area (Å²) in [7, 11) is 1.88. The quantitative estimate of drug-likeness (QED) is 0.684. The van der Waals surface area contributed by atoms with Crippen LogP contribution in [0, 0.1) is 5.92 Å². The zero-order valence-electron chi connectivity index (χ0n) is 15.8. The van der Waals surface area contributed by atoms with Gasteiger partial charge in [0.1, 0.15) is 5.52 Å². The van der Waals surface area contributed by atoms with E-state index in [1.807, 2.05) is 19.2 Å². The summed E-state index contributed by atoms with van der Waals surface area (Å²) in [6.45, 7) is 3.04. The zero-order chi connectivity index (χ0) is 19.5. The van der Waals surface area contributed by atoms with Gasteiger partial charge in [0.2, 0.25) is 5.95 Å². The monoisotopic (exact) mass is 381 g/mol. The van der Waals surface area contributed by atoms with Crippen molar-refractivity contribution in [3.05, 3.63) is 41.7 Å². The van der Waals surface area contributed by atoms with E-state index in [1.54, 1.807) is 4.68 Å². The standard InChI is InChI=1S/C19H23N7O2/c1-25-17-3-2-14(8-16(17)23-24-25)12-28-11-13-4-6-26(7-5-13)19-21-9-15(10-22-19)18(20)27/h2-3,8-10,13H,4-7,11-12H2,1H3,(H2,20,27). The van der Waals surface area contributed by atoms with Gasteiger partial charge in [0.05, 0.1) is 17.7 Å². The fraction of sp³-hybridized carbons (Fsp3) is 0.421. The maximum Gasteiger partial charge on any atom is 0.251 e. The molecule has 1 aliphatic heterocycles. The van der Waals surface area contributed by atoms with Gasteiger partial charge in [-0.15, -0.1) is 5.10 Å². The van der Waals surface area contributed by atoms with Crippen LogP contribution in [0.4, 0.5) is 5.95 Å². The van der Waals surface area contributed by atoms with E-state index in [4.69, 9.17) is 10.5 Å². The molecule has 0 bridgehead atoms. The van der Waals surface area contributed by atoms with E-state index in [0.717, 1.165) is 49.1 Å². The van der Waals surface area contributed by atoms with Crippen molar-refractivity contribution in [1.29, 1.82) is 0 Å². The third-order valence-corrected chi connectivity index (χ3v) is 5.12.